The molecule has 27 heavy (non-hydrogen) atoms. The number of fused-ring (bicyclic) bond motifs is 1. The molecule has 1 heterocycles. The summed E-state index contributed by atoms with van der Waals surface area (Å²) in [6, 6.07) is 19.6. The van der Waals surface area contributed by atoms with E-state index in [1.54, 1.807) is 17.0 Å². The van der Waals surface area contributed by atoms with Gasteiger partial charge >= 0.3 is 0 Å². The molecular weight excluding hydrogens is 344 g/mol. The number of para-hydroxylation sites is 2. The van der Waals surface area contributed by atoms with Crippen molar-refractivity contribution < 1.29 is 19.7 Å². The summed E-state index contributed by atoms with van der Waals surface area (Å²) in [5.74, 6) is -0.682. The van der Waals surface area contributed by atoms with Crippen LogP contribution in [0, 0.1) is 0 Å². The average Bonchev–Trinajstić information content (AvgIpc) is 2.70. The van der Waals surface area contributed by atoms with Crippen molar-refractivity contribution in [2.45, 2.75) is 6.17 Å². The molecule has 6 nitrogen and oxygen atoms in total. The number of carbonyl (C=O) groups is 1. The third-order valence-electron chi connectivity index (χ3n) is 4.57. The van der Waals surface area contributed by atoms with Crippen molar-refractivity contribution in [3.8, 4) is 17.2 Å². The summed E-state index contributed by atoms with van der Waals surface area (Å²) in [6.45, 7) is 0. The van der Waals surface area contributed by atoms with E-state index in [1.807, 2.05) is 48.5 Å². The number of nitrogens with one attached hydrogen (secondary N) is 1. The normalized spacial score (nSPS) is 15.8. The first-order valence-electron chi connectivity index (χ1n) is 8.44. The summed E-state index contributed by atoms with van der Waals surface area (Å²) in [7, 11) is 1.40. The maximum absolute atomic E-state index is 13.3. The van der Waals surface area contributed by atoms with Gasteiger partial charge in [0.25, 0.3) is 5.91 Å². The molecule has 1 amide bonds. The van der Waals surface area contributed by atoms with E-state index in [0.29, 0.717) is 22.5 Å². The number of phenolic OH excluding ortho intramolecular Hbond substituents is 2. The van der Waals surface area contributed by atoms with Crippen LogP contribution >= 0.6 is 0 Å². The lowest BCUT2D eigenvalue weighted by Crippen LogP contribution is -2.43. The van der Waals surface area contributed by atoms with E-state index in [9.17, 15) is 15.0 Å². The number of anilines is 2. The quantitative estimate of drug-likeness (QED) is 0.616. The number of nitrogens with zero attached hydrogens (tertiary/aromatic N) is 1. The van der Waals surface area contributed by atoms with Crippen molar-refractivity contribution in [3.63, 3.8) is 0 Å². The Balaban J connectivity index is 1.89. The smallest absolute Gasteiger partial charge is 0.262 e. The molecule has 3 aromatic rings. The van der Waals surface area contributed by atoms with Gasteiger partial charge in [0.15, 0.2) is 11.5 Å². The highest BCUT2D eigenvalue weighted by Gasteiger charge is 2.34. The van der Waals surface area contributed by atoms with E-state index < -0.39 is 6.17 Å². The van der Waals surface area contributed by atoms with Crippen LogP contribution in [0.4, 0.5) is 11.4 Å². The monoisotopic (exact) mass is 362 g/mol. The minimum Gasteiger partial charge on any atom is -0.504 e. The molecule has 0 aliphatic carbocycles. The lowest BCUT2D eigenvalue weighted by molar-refractivity contribution is 0.0975. The summed E-state index contributed by atoms with van der Waals surface area (Å²) in [6.07, 6.45) is -0.588. The van der Waals surface area contributed by atoms with E-state index >= 15 is 0 Å². The van der Waals surface area contributed by atoms with Crippen LogP contribution < -0.4 is 15.0 Å². The molecule has 0 unspecified atom stereocenters. The second-order valence-corrected chi connectivity index (χ2v) is 6.19. The summed E-state index contributed by atoms with van der Waals surface area (Å²) in [4.78, 5) is 14.9. The highest BCUT2D eigenvalue weighted by molar-refractivity contribution is 6.12. The number of carbonyl (C=O) groups excluding carboxylic acids is 1. The van der Waals surface area contributed by atoms with Crippen molar-refractivity contribution in [3.05, 3.63) is 77.9 Å². The summed E-state index contributed by atoms with van der Waals surface area (Å²) in [5, 5.41) is 23.4. The van der Waals surface area contributed by atoms with Gasteiger partial charge in [0.1, 0.15) is 6.17 Å². The molecule has 6 heteroatoms. The number of phenols is 2. The zero-order valence-corrected chi connectivity index (χ0v) is 14.6. The van der Waals surface area contributed by atoms with E-state index in [2.05, 4.69) is 5.32 Å². The van der Waals surface area contributed by atoms with Crippen LogP contribution in [0.15, 0.2) is 66.7 Å². The fourth-order valence-electron chi connectivity index (χ4n) is 3.27. The van der Waals surface area contributed by atoms with E-state index in [1.165, 1.54) is 13.2 Å². The number of hydrogen-bond acceptors (Lipinski definition) is 5. The predicted molar refractivity (Wildman–Crippen MR) is 102 cm³/mol. The molecule has 4 rings (SSSR count). The van der Waals surface area contributed by atoms with Crippen LogP contribution in [0.3, 0.4) is 0 Å². The average molecular weight is 362 g/mol. The molecule has 0 saturated heterocycles. The lowest BCUT2D eigenvalue weighted by Gasteiger charge is -2.38. The van der Waals surface area contributed by atoms with Gasteiger partial charge in [-0.05, 0) is 36.4 Å². The number of benzene rings is 3. The molecule has 1 atom stereocenters. The second-order valence-electron chi connectivity index (χ2n) is 6.19. The Morgan fingerprint density at radius 3 is 2.44 bits per heavy atom. The fourth-order valence-corrected chi connectivity index (χ4v) is 3.27. The number of rotatable bonds is 3. The zero-order valence-electron chi connectivity index (χ0n) is 14.6. The zero-order chi connectivity index (χ0) is 19.0. The van der Waals surface area contributed by atoms with Crippen LogP contribution in [-0.4, -0.2) is 23.2 Å². The Labute approximate surface area is 156 Å². The molecule has 0 bridgehead atoms. The first kappa shape index (κ1) is 16.8. The van der Waals surface area contributed by atoms with Gasteiger partial charge in [-0.1, -0.05) is 30.3 Å². The van der Waals surface area contributed by atoms with Gasteiger partial charge in [-0.2, -0.15) is 0 Å². The third kappa shape index (κ3) is 2.81. The van der Waals surface area contributed by atoms with Gasteiger partial charge in [-0.25, -0.2) is 0 Å². The Bertz CT molecular complexity index is 1000. The minimum atomic E-state index is -0.588. The van der Waals surface area contributed by atoms with Crippen LogP contribution in [0.5, 0.6) is 17.2 Å². The van der Waals surface area contributed by atoms with E-state index in [0.717, 1.165) is 0 Å². The van der Waals surface area contributed by atoms with E-state index in [4.69, 9.17) is 4.74 Å². The maximum atomic E-state index is 13.3. The van der Waals surface area contributed by atoms with Crippen molar-refractivity contribution in [2.75, 3.05) is 17.3 Å². The van der Waals surface area contributed by atoms with Gasteiger partial charge in [0, 0.05) is 16.9 Å². The van der Waals surface area contributed by atoms with Gasteiger partial charge in [0.05, 0.1) is 12.7 Å². The van der Waals surface area contributed by atoms with E-state index in [-0.39, 0.29) is 23.2 Å². The first-order chi connectivity index (χ1) is 13.1. The van der Waals surface area contributed by atoms with Crippen LogP contribution in [0.1, 0.15) is 22.1 Å². The number of amides is 1. The van der Waals surface area contributed by atoms with Gasteiger partial charge < -0.3 is 20.3 Å². The molecule has 3 N–H and O–H groups in total. The Morgan fingerprint density at radius 2 is 1.70 bits per heavy atom. The molecule has 3 aromatic carbocycles. The molecular formula is C21H18N2O4. The van der Waals surface area contributed by atoms with Crippen molar-refractivity contribution in [2.24, 2.45) is 0 Å². The minimum absolute atomic E-state index is 0.131. The maximum Gasteiger partial charge on any atom is 0.262 e. The highest BCUT2D eigenvalue weighted by Crippen LogP contribution is 2.42. The standard InChI is InChI=1S/C21H18N2O4/c1-27-18-12-13(11-17(24)19(18)25)20-22-16-10-6-5-9-15(16)21(26)23(20)14-7-3-2-4-8-14/h2-12,20,22,24-25H,1H3/t20-/m1/s1. The Kier molecular flexibility index (Phi) is 4.08. The van der Waals surface area contributed by atoms with Crippen molar-refractivity contribution in [1.82, 2.24) is 0 Å². The number of ether oxygens (including phenoxy) is 1. The highest BCUT2D eigenvalue weighted by atomic mass is 16.5. The van der Waals surface area contributed by atoms with Gasteiger partial charge in [0.2, 0.25) is 5.75 Å². The van der Waals surface area contributed by atoms with Crippen molar-refractivity contribution in [1.29, 1.82) is 0 Å². The largest absolute Gasteiger partial charge is 0.504 e. The second kappa shape index (κ2) is 6.57. The van der Waals surface area contributed by atoms with Crippen LogP contribution in [0.25, 0.3) is 0 Å². The lowest BCUT2D eigenvalue weighted by atomic mass is 10.0. The Hall–Kier alpha value is -3.67. The SMILES string of the molecule is COc1cc([C@@H]2Nc3ccccc3C(=O)N2c2ccccc2)cc(O)c1O. The number of hydrogen-bond donors (Lipinski definition) is 3. The summed E-state index contributed by atoms with van der Waals surface area (Å²) in [5.41, 5.74) is 2.55. The molecule has 0 aromatic heterocycles. The fraction of sp³-hybridized carbons (Fsp3) is 0.0952. The molecule has 0 fully saturated rings. The molecule has 0 radical (unpaired) electrons. The van der Waals surface area contributed by atoms with Crippen LogP contribution in [0.2, 0.25) is 0 Å². The van der Waals surface area contributed by atoms with Gasteiger partial charge in [-0.15, -0.1) is 0 Å². The molecule has 136 valence electrons. The summed E-state index contributed by atoms with van der Waals surface area (Å²) >= 11 is 0. The Morgan fingerprint density at radius 1 is 1.00 bits per heavy atom. The topological polar surface area (TPSA) is 82.0 Å². The molecule has 1 aliphatic heterocycles. The third-order valence-corrected chi connectivity index (χ3v) is 4.57. The predicted octanol–water partition coefficient (Wildman–Crippen LogP) is 3.88. The summed E-state index contributed by atoms with van der Waals surface area (Å²) < 4.78 is 5.15. The first-order valence-corrected chi connectivity index (χ1v) is 8.44. The molecule has 1 aliphatic rings. The molecule has 0 spiro atoms. The molecule has 0 saturated carbocycles. The van der Waals surface area contributed by atoms with Crippen molar-refractivity contribution >= 4 is 17.3 Å². The number of aromatic hydroxyl groups is 2. The van der Waals surface area contributed by atoms with Gasteiger partial charge in [-0.3, -0.25) is 9.69 Å². The number of methoxy groups -OCH3 is 1. The van der Waals surface area contributed by atoms with Crippen LogP contribution in [-0.2, 0) is 0 Å².